The van der Waals surface area contributed by atoms with E-state index in [1.807, 2.05) is 6.07 Å². The normalized spacial score (nSPS) is 20.8. The van der Waals surface area contributed by atoms with Crippen LogP contribution in [-0.4, -0.2) is 54.1 Å². The number of ether oxygens (including phenoxy) is 1. The molecule has 2 spiro atoms. The number of carbonyl (C=O) groups excluding carboxylic acids is 1. The molecular weight excluding hydrogens is 478 g/mol. The Morgan fingerprint density at radius 3 is 2.59 bits per heavy atom. The highest BCUT2D eigenvalue weighted by atomic mass is 32.2. The molecule has 11 heteroatoms. The van der Waals surface area contributed by atoms with Gasteiger partial charge in [-0.3, -0.25) is 9.78 Å². The van der Waals surface area contributed by atoms with Crippen LogP contribution in [-0.2, 0) is 34.0 Å². The Labute approximate surface area is 203 Å². The summed E-state index contributed by atoms with van der Waals surface area (Å²) in [7, 11) is -2.56. The highest BCUT2D eigenvalue weighted by Gasteiger charge is 2.56. The van der Waals surface area contributed by atoms with Gasteiger partial charge in [0.2, 0.25) is 0 Å². The second-order valence-electron chi connectivity index (χ2n) is 9.42. The Balaban J connectivity index is 1.30. The highest BCUT2D eigenvalue weighted by molar-refractivity contribution is 7.72. The van der Waals surface area contributed by atoms with Crippen LogP contribution in [0.4, 0.5) is 4.79 Å². The van der Waals surface area contributed by atoms with Crippen molar-refractivity contribution in [2.24, 2.45) is 0 Å². The lowest BCUT2D eigenvalue weighted by Gasteiger charge is -2.46. The zero-order valence-corrected chi connectivity index (χ0v) is 20.5. The van der Waals surface area contributed by atoms with Crippen molar-refractivity contribution in [1.29, 1.82) is 0 Å². The first-order chi connectivity index (χ1) is 16.2. The Hall–Kier alpha value is -2.50. The standard InChI is InChI=1S/C23H27N3O6S2/c1-14(34(30)31)15-2-3-17(24-12-15)13-25-20(27)18-10-16-11-22(4-5-22)32-23(19(16)33-18)6-8-26(9-7-23)21(28)29/h2-3,10,12,14,34H,4-9,11,13H2,1H3,(H,25,27)(H,28,29). The molecule has 0 aromatic carbocycles. The Kier molecular flexibility index (Phi) is 5.89. The maximum atomic E-state index is 13.0. The first-order valence-corrected chi connectivity index (χ1v) is 13.4. The van der Waals surface area contributed by atoms with Gasteiger partial charge < -0.3 is 20.1 Å². The van der Waals surface area contributed by atoms with Gasteiger partial charge in [0.1, 0.15) is 16.3 Å². The molecule has 3 aliphatic rings. The minimum Gasteiger partial charge on any atom is -0.465 e. The Morgan fingerprint density at radius 2 is 2.00 bits per heavy atom. The molecule has 2 aliphatic heterocycles. The molecule has 5 rings (SSSR count). The van der Waals surface area contributed by atoms with E-state index in [2.05, 4.69) is 10.3 Å². The van der Waals surface area contributed by atoms with Gasteiger partial charge in [-0.15, -0.1) is 11.3 Å². The van der Waals surface area contributed by atoms with Gasteiger partial charge in [-0.25, -0.2) is 13.2 Å². The number of hydrogen-bond acceptors (Lipinski definition) is 7. The van der Waals surface area contributed by atoms with Gasteiger partial charge in [0, 0.05) is 30.6 Å². The summed E-state index contributed by atoms with van der Waals surface area (Å²) in [5.74, 6) is -0.191. The number of thiophene rings is 1. The molecule has 9 nitrogen and oxygen atoms in total. The lowest BCUT2D eigenvalue weighted by molar-refractivity contribution is -0.147. The molecule has 2 aromatic heterocycles. The summed E-state index contributed by atoms with van der Waals surface area (Å²) in [6.45, 7) is 2.69. The van der Waals surface area contributed by atoms with E-state index in [9.17, 15) is 23.1 Å². The molecule has 1 atom stereocenters. The average Bonchev–Trinajstić information content (AvgIpc) is 3.40. The van der Waals surface area contributed by atoms with Gasteiger partial charge in [0.15, 0.2) is 0 Å². The Bertz CT molecular complexity index is 1190. The molecular formula is C23H27N3O6S2. The summed E-state index contributed by atoms with van der Waals surface area (Å²) in [6.07, 6.45) is 4.60. The van der Waals surface area contributed by atoms with Crippen molar-refractivity contribution in [3.8, 4) is 0 Å². The molecule has 4 heterocycles. The fourth-order valence-electron chi connectivity index (χ4n) is 4.88. The number of rotatable bonds is 5. The van der Waals surface area contributed by atoms with E-state index in [1.54, 1.807) is 19.1 Å². The van der Waals surface area contributed by atoms with Crippen LogP contribution in [0.3, 0.4) is 0 Å². The molecule has 2 amide bonds. The largest absolute Gasteiger partial charge is 0.465 e. The van der Waals surface area contributed by atoms with E-state index in [1.165, 1.54) is 22.4 Å². The molecule has 2 aromatic rings. The number of thiol groups is 1. The zero-order valence-electron chi connectivity index (χ0n) is 18.8. The fourth-order valence-corrected chi connectivity index (χ4v) is 6.55. The predicted octanol–water partition coefficient (Wildman–Crippen LogP) is 2.82. The number of aromatic nitrogens is 1. The number of hydrogen-bond donors (Lipinski definition) is 3. The van der Waals surface area contributed by atoms with Crippen molar-refractivity contribution in [2.45, 2.75) is 62.0 Å². The number of nitrogens with one attached hydrogen (secondary N) is 1. The molecule has 1 aliphatic carbocycles. The van der Waals surface area contributed by atoms with E-state index in [4.69, 9.17) is 4.74 Å². The topological polar surface area (TPSA) is 126 Å². The summed E-state index contributed by atoms with van der Waals surface area (Å²) in [6, 6.07) is 5.40. The van der Waals surface area contributed by atoms with Crippen LogP contribution in [0.5, 0.6) is 0 Å². The van der Waals surface area contributed by atoms with Gasteiger partial charge in [-0.2, -0.15) is 0 Å². The maximum absolute atomic E-state index is 13.0. The summed E-state index contributed by atoms with van der Waals surface area (Å²) in [5, 5.41) is 11.6. The van der Waals surface area contributed by atoms with Crippen LogP contribution < -0.4 is 5.32 Å². The van der Waals surface area contributed by atoms with Crippen molar-refractivity contribution in [2.75, 3.05) is 13.1 Å². The van der Waals surface area contributed by atoms with Crippen LogP contribution in [0, 0.1) is 0 Å². The minimum absolute atomic E-state index is 0.162. The number of fused-ring (bicyclic) bond motifs is 2. The summed E-state index contributed by atoms with van der Waals surface area (Å²) < 4.78 is 29.0. The molecule has 1 unspecified atom stereocenters. The van der Waals surface area contributed by atoms with Crippen LogP contribution in [0.25, 0.3) is 0 Å². The third-order valence-electron chi connectivity index (χ3n) is 7.10. The second kappa shape index (κ2) is 8.62. The predicted molar refractivity (Wildman–Crippen MR) is 126 cm³/mol. The number of amides is 2. The van der Waals surface area contributed by atoms with E-state index < -0.39 is 27.6 Å². The Morgan fingerprint density at radius 1 is 1.26 bits per heavy atom. The molecule has 1 saturated carbocycles. The molecule has 2 N–H and O–H groups in total. The number of nitrogens with zero attached hydrogens (tertiary/aromatic N) is 2. The van der Waals surface area contributed by atoms with Crippen molar-refractivity contribution >= 4 is 34.0 Å². The summed E-state index contributed by atoms with van der Waals surface area (Å²) >= 11 is 1.44. The third-order valence-corrected chi connectivity index (χ3v) is 9.39. The molecule has 0 bridgehead atoms. The quantitative estimate of drug-likeness (QED) is 0.534. The zero-order chi connectivity index (χ0) is 24.1. The number of pyridine rings is 1. The fraction of sp³-hybridized carbons (Fsp3) is 0.522. The average molecular weight is 506 g/mol. The number of carbonyl (C=O) groups is 2. The van der Waals surface area contributed by atoms with Crippen molar-refractivity contribution < 1.29 is 27.9 Å². The van der Waals surface area contributed by atoms with Crippen LogP contribution >= 0.6 is 11.3 Å². The first kappa shape index (κ1) is 23.3. The molecule has 0 radical (unpaired) electrons. The van der Waals surface area contributed by atoms with Crippen molar-refractivity contribution in [3.05, 3.63) is 51.0 Å². The number of piperidine rings is 1. The first-order valence-electron chi connectivity index (χ1n) is 11.4. The monoisotopic (exact) mass is 505 g/mol. The van der Waals surface area contributed by atoms with Gasteiger partial charge in [-0.1, -0.05) is 6.07 Å². The molecule has 182 valence electrons. The van der Waals surface area contributed by atoms with E-state index >= 15 is 0 Å². The van der Waals surface area contributed by atoms with Crippen LogP contribution in [0.15, 0.2) is 24.4 Å². The second-order valence-corrected chi connectivity index (χ2v) is 11.8. The van der Waals surface area contributed by atoms with Crippen molar-refractivity contribution in [3.63, 3.8) is 0 Å². The smallest absolute Gasteiger partial charge is 0.407 e. The van der Waals surface area contributed by atoms with Gasteiger partial charge in [0.05, 0.1) is 28.0 Å². The number of likely N-dealkylation sites (tertiary alicyclic amines) is 1. The van der Waals surface area contributed by atoms with Gasteiger partial charge in [-0.05, 0) is 55.9 Å². The lowest BCUT2D eigenvalue weighted by atomic mass is 9.83. The van der Waals surface area contributed by atoms with Gasteiger partial charge in [0.25, 0.3) is 5.91 Å². The summed E-state index contributed by atoms with van der Waals surface area (Å²) in [4.78, 5) is 31.7. The minimum atomic E-state index is -2.56. The molecule has 34 heavy (non-hydrogen) atoms. The van der Waals surface area contributed by atoms with E-state index in [0.717, 1.165) is 29.7 Å². The third kappa shape index (κ3) is 4.32. The van der Waals surface area contributed by atoms with Crippen LogP contribution in [0.2, 0.25) is 0 Å². The number of carboxylic acid groups (broad SMARTS) is 1. The van der Waals surface area contributed by atoms with E-state index in [0.29, 0.717) is 42.1 Å². The maximum Gasteiger partial charge on any atom is 0.407 e. The van der Waals surface area contributed by atoms with Crippen LogP contribution in [0.1, 0.15) is 69.2 Å². The van der Waals surface area contributed by atoms with Gasteiger partial charge >= 0.3 is 6.09 Å². The summed E-state index contributed by atoms with van der Waals surface area (Å²) in [5.41, 5.74) is 1.72. The molecule has 2 fully saturated rings. The molecule has 1 saturated heterocycles. The lowest BCUT2D eigenvalue weighted by Crippen LogP contribution is -2.50. The van der Waals surface area contributed by atoms with E-state index in [-0.39, 0.29) is 18.1 Å². The SMILES string of the molecule is CC(c1ccc(CNC(=O)c2cc3c(s2)C2(CCN(C(=O)O)CC2)OC2(CC2)C3)nc1)[SH](=O)=O. The highest BCUT2D eigenvalue weighted by Crippen LogP contribution is 2.57. The van der Waals surface area contributed by atoms with Crippen molar-refractivity contribution in [1.82, 2.24) is 15.2 Å².